The third kappa shape index (κ3) is 8.08. The summed E-state index contributed by atoms with van der Waals surface area (Å²) in [6.07, 6.45) is 0.0380. The molecule has 4 atom stereocenters. The topological polar surface area (TPSA) is 102 Å². The Hall–Kier alpha value is -4.41. The summed E-state index contributed by atoms with van der Waals surface area (Å²) in [5.41, 5.74) is 8.51. The molecule has 0 bridgehead atoms. The number of benzene rings is 4. The van der Waals surface area contributed by atoms with Crippen molar-refractivity contribution in [2.24, 2.45) is 5.92 Å². The zero-order valence-corrected chi connectivity index (χ0v) is 28.8. The van der Waals surface area contributed by atoms with Crippen LogP contribution >= 0.6 is 0 Å². The second-order valence-corrected chi connectivity index (χ2v) is 12.8. The normalized spacial score (nSPS) is 20.7. The van der Waals surface area contributed by atoms with E-state index in [1.54, 1.807) is 14.2 Å². The second kappa shape index (κ2) is 15.9. The van der Waals surface area contributed by atoms with Crippen molar-refractivity contribution < 1.29 is 28.8 Å². The van der Waals surface area contributed by atoms with Gasteiger partial charge < -0.3 is 34.7 Å². The molecule has 4 aromatic carbocycles. The molecule has 0 unspecified atom stereocenters. The van der Waals surface area contributed by atoms with Crippen LogP contribution in [-0.4, -0.2) is 56.0 Å². The van der Waals surface area contributed by atoms with Gasteiger partial charge in [0, 0.05) is 44.2 Å². The first-order valence-corrected chi connectivity index (χ1v) is 17.1. The van der Waals surface area contributed by atoms with Crippen molar-refractivity contribution in [1.82, 2.24) is 15.5 Å². The van der Waals surface area contributed by atoms with Crippen LogP contribution in [-0.2, 0) is 35.6 Å². The van der Waals surface area contributed by atoms with Crippen molar-refractivity contribution in [3.8, 4) is 22.6 Å². The standard InChI is InChI=1S/C40H47N3O6/c1-5-41-40(45)42-22-28-8-6-9-30(18-28)31-10-7-11-33(19-31)39-48-37(26(2)38(49-39)29-14-12-27(25-44)13-15-29)24-43-17-16-32-20-35(46-3)36(47-4)21-34(32)23-43/h6-15,18-21,26,37-39,44H,5,16-17,22-25H2,1-4H3,(H2,41,42,45)/t26-,37+,38+,39+/m0/s1. The first kappa shape index (κ1) is 34.5. The van der Waals surface area contributed by atoms with Crippen molar-refractivity contribution in [1.29, 1.82) is 0 Å². The Kier molecular flexibility index (Phi) is 11.2. The van der Waals surface area contributed by atoms with E-state index in [0.29, 0.717) is 13.1 Å². The number of rotatable bonds is 11. The van der Waals surface area contributed by atoms with Crippen molar-refractivity contribution in [2.45, 2.75) is 58.5 Å². The van der Waals surface area contributed by atoms with E-state index in [0.717, 1.165) is 70.9 Å². The summed E-state index contributed by atoms with van der Waals surface area (Å²) >= 11 is 0. The second-order valence-electron chi connectivity index (χ2n) is 12.8. The summed E-state index contributed by atoms with van der Waals surface area (Å²) in [6.45, 7) is 7.57. The third-order valence-electron chi connectivity index (χ3n) is 9.57. The number of carbonyl (C=O) groups excluding carboxylic acids is 1. The Morgan fingerprint density at radius 2 is 1.57 bits per heavy atom. The third-order valence-corrected chi connectivity index (χ3v) is 9.57. The lowest BCUT2D eigenvalue weighted by Crippen LogP contribution is -2.45. The van der Waals surface area contributed by atoms with Crippen LogP contribution in [0.25, 0.3) is 11.1 Å². The molecule has 4 aromatic rings. The van der Waals surface area contributed by atoms with E-state index in [9.17, 15) is 9.90 Å². The number of nitrogens with zero attached hydrogens (tertiary/aromatic N) is 1. The molecule has 1 fully saturated rings. The highest BCUT2D eigenvalue weighted by Gasteiger charge is 2.39. The first-order chi connectivity index (χ1) is 23.9. The number of aliphatic hydroxyl groups is 1. The van der Waals surface area contributed by atoms with Crippen LogP contribution in [0.3, 0.4) is 0 Å². The summed E-state index contributed by atoms with van der Waals surface area (Å²) < 4.78 is 24.8. The van der Waals surface area contributed by atoms with Gasteiger partial charge in [0.05, 0.1) is 33.0 Å². The first-order valence-electron chi connectivity index (χ1n) is 17.1. The SMILES string of the molecule is CCNC(=O)NCc1cccc(-c2cccc([C@@H]3O[C@H](CN4CCc5cc(OC)c(OC)cc5C4)[C@H](C)[C@H](c4ccc(CO)cc4)O3)c2)c1. The minimum absolute atomic E-state index is 0.00119. The quantitative estimate of drug-likeness (QED) is 0.168. The fourth-order valence-corrected chi connectivity index (χ4v) is 6.81. The number of carbonyl (C=O) groups is 1. The molecule has 0 saturated carbocycles. The molecule has 2 amide bonds. The van der Waals surface area contributed by atoms with Gasteiger partial charge in [-0.1, -0.05) is 67.6 Å². The summed E-state index contributed by atoms with van der Waals surface area (Å²) in [4.78, 5) is 14.4. The Morgan fingerprint density at radius 1 is 0.857 bits per heavy atom. The van der Waals surface area contributed by atoms with Gasteiger partial charge in [0.25, 0.3) is 0 Å². The van der Waals surface area contributed by atoms with E-state index in [1.807, 2.05) is 37.3 Å². The van der Waals surface area contributed by atoms with Crippen molar-refractivity contribution >= 4 is 6.03 Å². The van der Waals surface area contributed by atoms with Gasteiger partial charge in [0.1, 0.15) is 0 Å². The molecule has 9 nitrogen and oxygen atoms in total. The molecule has 9 heteroatoms. The Bertz CT molecular complexity index is 1730. The summed E-state index contributed by atoms with van der Waals surface area (Å²) in [5, 5.41) is 15.3. The van der Waals surface area contributed by atoms with Crippen LogP contribution in [0.1, 0.15) is 59.6 Å². The van der Waals surface area contributed by atoms with Gasteiger partial charge in [0.15, 0.2) is 17.8 Å². The summed E-state index contributed by atoms with van der Waals surface area (Å²) in [5.74, 6) is 1.58. The van der Waals surface area contributed by atoms with E-state index in [4.69, 9.17) is 18.9 Å². The molecular weight excluding hydrogens is 618 g/mol. The van der Waals surface area contributed by atoms with E-state index < -0.39 is 6.29 Å². The molecule has 49 heavy (non-hydrogen) atoms. The minimum Gasteiger partial charge on any atom is -0.493 e. The van der Waals surface area contributed by atoms with Gasteiger partial charge in [-0.25, -0.2) is 4.79 Å². The molecule has 2 aliphatic heterocycles. The number of amides is 2. The van der Waals surface area contributed by atoms with Gasteiger partial charge in [-0.15, -0.1) is 0 Å². The highest BCUT2D eigenvalue weighted by Crippen LogP contribution is 2.43. The molecule has 6 rings (SSSR count). The van der Waals surface area contributed by atoms with Crippen LogP contribution in [0.2, 0.25) is 0 Å². The molecule has 258 valence electrons. The summed E-state index contributed by atoms with van der Waals surface area (Å²) in [7, 11) is 3.35. The van der Waals surface area contributed by atoms with Gasteiger partial charge in [0.2, 0.25) is 0 Å². The summed E-state index contributed by atoms with van der Waals surface area (Å²) in [6, 6.07) is 28.6. The lowest BCUT2D eigenvalue weighted by atomic mass is 9.89. The van der Waals surface area contributed by atoms with Crippen LogP contribution in [0.15, 0.2) is 84.9 Å². The maximum absolute atomic E-state index is 12.0. The molecular formula is C40H47N3O6. The molecule has 0 aromatic heterocycles. The van der Waals surface area contributed by atoms with Gasteiger partial charge in [-0.3, -0.25) is 4.90 Å². The predicted molar refractivity (Wildman–Crippen MR) is 189 cm³/mol. The fourth-order valence-electron chi connectivity index (χ4n) is 6.81. The van der Waals surface area contributed by atoms with E-state index in [1.165, 1.54) is 11.1 Å². The number of ether oxygens (including phenoxy) is 4. The van der Waals surface area contributed by atoms with Crippen molar-refractivity contribution in [3.05, 3.63) is 118 Å². The minimum atomic E-state index is -0.576. The number of hydrogen-bond donors (Lipinski definition) is 3. The Balaban J connectivity index is 1.25. The maximum atomic E-state index is 12.0. The zero-order chi connectivity index (χ0) is 34.3. The fraction of sp³-hybridized carbons (Fsp3) is 0.375. The van der Waals surface area contributed by atoms with Gasteiger partial charge in [-0.05, 0) is 76.6 Å². The number of nitrogens with one attached hydrogen (secondary N) is 2. The van der Waals surface area contributed by atoms with Gasteiger partial charge in [-0.2, -0.15) is 0 Å². The van der Waals surface area contributed by atoms with Crippen LogP contribution in [0.5, 0.6) is 11.5 Å². The molecule has 0 spiro atoms. The molecule has 2 aliphatic rings. The van der Waals surface area contributed by atoms with E-state index in [2.05, 4.69) is 77.1 Å². The molecule has 0 radical (unpaired) electrons. The highest BCUT2D eigenvalue weighted by atomic mass is 16.7. The smallest absolute Gasteiger partial charge is 0.315 e. The van der Waals surface area contributed by atoms with E-state index in [-0.39, 0.29) is 30.8 Å². The molecule has 0 aliphatic carbocycles. The van der Waals surface area contributed by atoms with Crippen LogP contribution in [0, 0.1) is 5.92 Å². The lowest BCUT2D eigenvalue weighted by Gasteiger charge is -2.43. The number of methoxy groups -OCH3 is 2. The van der Waals surface area contributed by atoms with Crippen molar-refractivity contribution in [2.75, 3.05) is 33.9 Å². The number of fused-ring (bicyclic) bond motifs is 1. The number of hydrogen-bond acceptors (Lipinski definition) is 7. The molecule has 3 N–H and O–H groups in total. The van der Waals surface area contributed by atoms with Crippen LogP contribution in [0.4, 0.5) is 4.79 Å². The lowest BCUT2D eigenvalue weighted by molar-refractivity contribution is -0.276. The maximum Gasteiger partial charge on any atom is 0.315 e. The van der Waals surface area contributed by atoms with Crippen molar-refractivity contribution in [3.63, 3.8) is 0 Å². The number of urea groups is 1. The molecule has 1 saturated heterocycles. The Morgan fingerprint density at radius 3 is 2.29 bits per heavy atom. The predicted octanol–water partition coefficient (Wildman–Crippen LogP) is 6.53. The average molecular weight is 666 g/mol. The van der Waals surface area contributed by atoms with Crippen LogP contribution < -0.4 is 20.1 Å². The molecule has 2 heterocycles. The van der Waals surface area contributed by atoms with Gasteiger partial charge >= 0.3 is 6.03 Å². The number of aliphatic hydroxyl groups excluding tert-OH is 1. The average Bonchev–Trinajstić information content (AvgIpc) is 3.14. The highest BCUT2D eigenvalue weighted by molar-refractivity contribution is 5.74. The largest absolute Gasteiger partial charge is 0.493 e. The van der Waals surface area contributed by atoms with E-state index >= 15 is 0 Å². The Labute approximate surface area is 289 Å². The zero-order valence-electron chi connectivity index (χ0n) is 28.8. The monoisotopic (exact) mass is 665 g/mol.